The molecule has 1 aromatic heterocycles. The minimum absolute atomic E-state index is 0.364. The van der Waals surface area contributed by atoms with Gasteiger partial charge in [-0.25, -0.2) is 9.18 Å². The predicted molar refractivity (Wildman–Crippen MR) is 71.7 cm³/mol. The molecule has 0 amide bonds. The molecule has 0 atom stereocenters. The van der Waals surface area contributed by atoms with E-state index in [1.54, 1.807) is 11.3 Å². The van der Waals surface area contributed by atoms with Gasteiger partial charge in [0.25, 0.3) is 0 Å². The van der Waals surface area contributed by atoms with Crippen LogP contribution in [0.5, 0.6) is 5.75 Å². The Morgan fingerprint density at radius 1 is 1.42 bits per heavy atom. The van der Waals surface area contributed by atoms with Gasteiger partial charge in [-0.1, -0.05) is 0 Å². The van der Waals surface area contributed by atoms with Crippen LogP contribution in [0.2, 0.25) is 0 Å². The van der Waals surface area contributed by atoms with Crippen molar-refractivity contribution in [3.63, 3.8) is 0 Å². The van der Waals surface area contributed by atoms with Crippen LogP contribution in [0.4, 0.5) is 4.39 Å². The van der Waals surface area contributed by atoms with E-state index in [1.165, 1.54) is 24.3 Å². The molecule has 2 rings (SSSR count). The van der Waals surface area contributed by atoms with Crippen LogP contribution in [0, 0.1) is 5.82 Å². The Kier molecular flexibility index (Phi) is 4.30. The van der Waals surface area contributed by atoms with Gasteiger partial charge in [0, 0.05) is 11.6 Å². The highest BCUT2D eigenvalue weighted by atomic mass is 32.1. The molecule has 0 fully saturated rings. The van der Waals surface area contributed by atoms with Gasteiger partial charge in [0.05, 0.1) is 0 Å². The molecule has 0 unspecified atom stereocenters. The molecule has 2 aromatic rings. The topological polar surface area (TPSA) is 46.5 Å². The predicted octanol–water partition coefficient (Wildman–Crippen LogP) is 3.56. The van der Waals surface area contributed by atoms with Crippen LogP contribution in [0.1, 0.15) is 11.1 Å². The second-order valence-electron chi connectivity index (χ2n) is 3.77. The minimum Gasteiger partial charge on any atom is -0.488 e. The summed E-state index contributed by atoms with van der Waals surface area (Å²) in [6.45, 7) is 0.364. The van der Waals surface area contributed by atoms with Crippen molar-refractivity contribution in [1.82, 2.24) is 0 Å². The number of hydrogen-bond acceptors (Lipinski definition) is 3. The lowest BCUT2D eigenvalue weighted by Crippen LogP contribution is -1.96. The first-order valence-corrected chi connectivity index (χ1v) is 6.44. The number of halogens is 1. The van der Waals surface area contributed by atoms with Gasteiger partial charge in [-0.2, -0.15) is 11.3 Å². The zero-order valence-electron chi connectivity index (χ0n) is 9.88. The second kappa shape index (κ2) is 6.15. The number of rotatable bonds is 5. The second-order valence-corrected chi connectivity index (χ2v) is 4.55. The first-order valence-electron chi connectivity index (χ1n) is 5.49. The van der Waals surface area contributed by atoms with Crippen molar-refractivity contribution < 1.29 is 19.0 Å². The standard InChI is InChI=1S/C14H11FO3S/c15-12-2-3-13(11(7-12)1-4-14(16)17)18-8-10-5-6-19-9-10/h1-7,9H,8H2,(H,16,17)/b4-1+. The van der Waals surface area contributed by atoms with E-state index >= 15 is 0 Å². The summed E-state index contributed by atoms with van der Waals surface area (Å²) in [4.78, 5) is 10.5. The Balaban J connectivity index is 2.16. The number of ether oxygens (including phenoxy) is 1. The molecular weight excluding hydrogens is 267 g/mol. The largest absolute Gasteiger partial charge is 0.488 e. The third-order valence-corrected chi connectivity index (χ3v) is 3.08. The van der Waals surface area contributed by atoms with Gasteiger partial charge in [-0.05, 0) is 46.7 Å². The molecule has 0 aliphatic carbocycles. The monoisotopic (exact) mass is 278 g/mol. The molecule has 0 radical (unpaired) electrons. The smallest absolute Gasteiger partial charge is 0.328 e. The molecule has 0 aliphatic rings. The number of benzene rings is 1. The molecule has 0 spiro atoms. The average molecular weight is 278 g/mol. The van der Waals surface area contributed by atoms with Gasteiger partial charge >= 0.3 is 5.97 Å². The van der Waals surface area contributed by atoms with Crippen LogP contribution in [-0.4, -0.2) is 11.1 Å². The number of carboxylic acid groups (broad SMARTS) is 1. The van der Waals surface area contributed by atoms with Gasteiger partial charge in [0.2, 0.25) is 0 Å². The quantitative estimate of drug-likeness (QED) is 0.850. The summed E-state index contributed by atoms with van der Waals surface area (Å²) in [5.41, 5.74) is 1.42. The molecule has 0 aliphatic heterocycles. The lowest BCUT2D eigenvalue weighted by Gasteiger charge is -2.08. The Labute approximate surface area is 113 Å². The number of hydrogen-bond donors (Lipinski definition) is 1. The normalized spacial score (nSPS) is 10.8. The van der Waals surface area contributed by atoms with Gasteiger partial charge in [0.1, 0.15) is 18.2 Å². The number of thiophene rings is 1. The summed E-state index contributed by atoms with van der Waals surface area (Å²) >= 11 is 1.56. The molecule has 0 saturated carbocycles. The molecule has 1 heterocycles. The fourth-order valence-electron chi connectivity index (χ4n) is 1.48. The lowest BCUT2D eigenvalue weighted by molar-refractivity contribution is -0.131. The van der Waals surface area contributed by atoms with E-state index in [2.05, 4.69) is 0 Å². The summed E-state index contributed by atoms with van der Waals surface area (Å²) in [5, 5.41) is 12.5. The summed E-state index contributed by atoms with van der Waals surface area (Å²) < 4.78 is 18.7. The molecule has 5 heteroatoms. The maximum atomic E-state index is 13.2. The van der Waals surface area contributed by atoms with E-state index in [9.17, 15) is 9.18 Å². The highest BCUT2D eigenvalue weighted by Gasteiger charge is 2.04. The van der Waals surface area contributed by atoms with Crippen molar-refractivity contribution in [2.75, 3.05) is 0 Å². The number of carbonyl (C=O) groups is 1. The highest BCUT2D eigenvalue weighted by Crippen LogP contribution is 2.22. The molecule has 0 bridgehead atoms. The van der Waals surface area contributed by atoms with Crippen molar-refractivity contribution in [2.45, 2.75) is 6.61 Å². The van der Waals surface area contributed by atoms with Crippen LogP contribution >= 0.6 is 11.3 Å². The van der Waals surface area contributed by atoms with Crippen LogP contribution in [0.25, 0.3) is 6.08 Å². The van der Waals surface area contributed by atoms with E-state index in [0.29, 0.717) is 17.9 Å². The van der Waals surface area contributed by atoms with Crippen molar-refractivity contribution in [1.29, 1.82) is 0 Å². The molecular formula is C14H11FO3S. The maximum absolute atomic E-state index is 13.2. The Morgan fingerprint density at radius 3 is 2.95 bits per heavy atom. The first kappa shape index (κ1) is 13.3. The third-order valence-electron chi connectivity index (χ3n) is 2.35. The summed E-state index contributed by atoms with van der Waals surface area (Å²) in [6.07, 6.45) is 2.26. The molecule has 0 saturated heterocycles. The van der Waals surface area contributed by atoms with Crippen molar-refractivity contribution in [2.24, 2.45) is 0 Å². The molecule has 19 heavy (non-hydrogen) atoms. The van der Waals surface area contributed by atoms with E-state index < -0.39 is 11.8 Å². The van der Waals surface area contributed by atoms with Gasteiger partial charge < -0.3 is 9.84 Å². The zero-order chi connectivity index (χ0) is 13.7. The Bertz CT molecular complexity index is 591. The minimum atomic E-state index is -1.09. The van der Waals surface area contributed by atoms with Crippen molar-refractivity contribution in [3.8, 4) is 5.75 Å². The molecule has 3 nitrogen and oxygen atoms in total. The molecule has 1 N–H and O–H groups in total. The Morgan fingerprint density at radius 2 is 2.26 bits per heavy atom. The number of aliphatic carboxylic acids is 1. The number of carboxylic acids is 1. The average Bonchev–Trinajstić information content (AvgIpc) is 2.88. The lowest BCUT2D eigenvalue weighted by atomic mass is 10.2. The zero-order valence-corrected chi connectivity index (χ0v) is 10.7. The fraction of sp³-hybridized carbons (Fsp3) is 0.0714. The summed E-state index contributed by atoms with van der Waals surface area (Å²) in [6, 6.07) is 5.94. The highest BCUT2D eigenvalue weighted by molar-refractivity contribution is 7.07. The van der Waals surface area contributed by atoms with Crippen molar-refractivity contribution in [3.05, 3.63) is 58.0 Å². The SMILES string of the molecule is O=C(O)/C=C/c1cc(F)ccc1OCc1ccsc1. The van der Waals surface area contributed by atoms with E-state index in [4.69, 9.17) is 9.84 Å². The summed E-state index contributed by atoms with van der Waals surface area (Å²) in [7, 11) is 0. The Hall–Kier alpha value is -2.14. The van der Waals surface area contributed by atoms with Crippen LogP contribution in [-0.2, 0) is 11.4 Å². The third kappa shape index (κ3) is 3.93. The molecule has 98 valence electrons. The van der Waals surface area contributed by atoms with Crippen molar-refractivity contribution >= 4 is 23.4 Å². The fourth-order valence-corrected chi connectivity index (χ4v) is 2.13. The van der Waals surface area contributed by atoms with Gasteiger partial charge in [-0.3, -0.25) is 0 Å². The first-order chi connectivity index (χ1) is 9.15. The van der Waals surface area contributed by atoms with E-state index in [0.717, 1.165) is 11.6 Å². The molecule has 1 aromatic carbocycles. The van der Waals surface area contributed by atoms with Gasteiger partial charge in [-0.15, -0.1) is 0 Å². The van der Waals surface area contributed by atoms with Gasteiger partial charge in [0.15, 0.2) is 0 Å². The van der Waals surface area contributed by atoms with Crippen LogP contribution < -0.4 is 4.74 Å². The van der Waals surface area contributed by atoms with Crippen LogP contribution in [0.3, 0.4) is 0 Å². The van der Waals surface area contributed by atoms with E-state index in [-0.39, 0.29) is 0 Å². The van der Waals surface area contributed by atoms with E-state index in [1.807, 2.05) is 16.8 Å². The van der Waals surface area contributed by atoms with Crippen LogP contribution in [0.15, 0.2) is 41.1 Å². The summed E-state index contributed by atoms with van der Waals surface area (Å²) in [5.74, 6) is -1.08. The maximum Gasteiger partial charge on any atom is 0.328 e.